The molecule has 1 unspecified atom stereocenters. The SMILES string of the molecule is CC(C)NN.CCCCC(O)N=NC(C)C.CCCCC=O. The number of azo groups is 1. The van der Waals surface area contributed by atoms with Crippen LogP contribution in [0.2, 0.25) is 0 Å². The van der Waals surface area contributed by atoms with Crippen molar-refractivity contribution in [3.8, 4) is 0 Å². The minimum absolute atomic E-state index is 0.186. The van der Waals surface area contributed by atoms with E-state index in [-0.39, 0.29) is 6.04 Å². The van der Waals surface area contributed by atoms with Gasteiger partial charge in [-0.1, -0.05) is 26.7 Å². The Bertz CT molecular complexity index is 234. The molecule has 0 radical (unpaired) electrons. The van der Waals surface area contributed by atoms with Crippen LogP contribution in [0.1, 0.15) is 80.1 Å². The van der Waals surface area contributed by atoms with Gasteiger partial charge in [-0.2, -0.15) is 10.2 Å². The number of hydrogen-bond donors (Lipinski definition) is 3. The third kappa shape index (κ3) is 36.5. The van der Waals surface area contributed by atoms with Crippen LogP contribution in [0.25, 0.3) is 0 Å². The smallest absolute Gasteiger partial charge is 0.165 e. The van der Waals surface area contributed by atoms with Gasteiger partial charge in [0.1, 0.15) is 6.29 Å². The van der Waals surface area contributed by atoms with E-state index in [9.17, 15) is 4.79 Å². The maximum Gasteiger partial charge on any atom is 0.165 e. The number of aliphatic hydroxyl groups is 1. The molecule has 0 bridgehead atoms. The van der Waals surface area contributed by atoms with Gasteiger partial charge in [-0.05, 0) is 47.0 Å². The Morgan fingerprint density at radius 2 is 1.59 bits per heavy atom. The summed E-state index contributed by atoms with van der Waals surface area (Å²) in [6.45, 7) is 12.0. The van der Waals surface area contributed by atoms with Crippen molar-refractivity contribution in [2.24, 2.45) is 16.1 Å². The summed E-state index contributed by atoms with van der Waals surface area (Å²) in [5, 5.41) is 16.8. The first-order chi connectivity index (χ1) is 10.3. The van der Waals surface area contributed by atoms with Gasteiger partial charge in [0.05, 0.1) is 6.04 Å². The van der Waals surface area contributed by atoms with E-state index in [1.807, 2.05) is 27.7 Å². The standard InChI is InChI=1S/C8H18N2O.C5H10O.C3H10N2/c1-4-5-6-8(11)10-9-7(2)3;1-2-3-4-5-6;1-3(2)5-4/h7-8,11H,4-6H2,1-3H3;5H,2-4H2,1H3;3,5H,4H2,1-2H3. The molecule has 0 aliphatic heterocycles. The molecule has 1 atom stereocenters. The third-order valence-electron chi connectivity index (χ3n) is 2.26. The summed E-state index contributed by atoms with van der Waals surface area (Å²) in [5.74, 6) is 4.92. The molecular weight excluding hydrogens is 280 g/mol. The van der Waals surface area contributed by atoms with Crippen molar-refractivity contribution in [2.75, 3.05) is 0 Å². The van der Waals surface area contributed by atoms with Crippen LogP contribution in [0.4, 0.5) is 0 Å². The Hall–Kier alpha value is -0.850. The highest BCUT2D eigenvalue weighted by atomic mass is 16.3. The molecule has 6 heteroatoms. The van der Waals surface area contributed by atoms with E-state index in [2.05, 4.69) is 29.5 Å². The molecule has 134 valence electrons. The van der Waals surface area contributed by atoms with Gasteiger partial charge in [0.15, 0.2) is 6.23 Å². The van der Waals surface area contributed by atoms with E-state index >= 15 is 0 Å². The van der Waals surface area contributed by atoms with E-state index in [1.165, 1.54) is 0 Å². The average Bonchev–Trinajstić information content (AvgIpc) is 2.49. The van der Waals surface area contributed by atoms with Gasteiger partial charge in [0.25, 0.3) is 0 Å². The quantitative estimate of drug-likeness (QED) is 0.199. The highest BCUT2D eigenvalue weighted by Gasteiger charge is 1.99. The maximum atomic E-state index is 9.56. The number of hydrazine groups is 1. The fourth-order valence-corrected chi connectivity index (χ4v) is 0.942. The Morgan fingerprint density at radius 3 is 1.86 bits per heavy atom. The summed E-state index contributed by atoms with van der Waals surface area (Å²) >= 11 is 0. The minimum atomic E-state index is -0.586. The first-order valence-electron chi connectivity index (χ1n) is 8.33. The van der Waals surface area contributed by atoms with Crippen molar-refractivity contribution >= 4 is 6.29 Å². The number of nitrogens with one attached hydrogen (secondary N) is 1. The number of aldehydes is 1. The number of carbonyl (C=O) groups excluding carboxylic acids is 1. The number of nitrogens with two attached hydrogens (primary N) is 1. The number of nitrogens with zero attached hydrogens (tertiary/aromatic N) is 2. The summed E-state index contributed by atoms with van der Waals surface area (Å²) in [5.41, 5.74) is 2.53. The average molecular weight is 319 g/mol. The lowest BCUT2D eigenvalue weighted by Gasteiger charge is -2.02. The van der Waals surface area contributed by atoms with Crippen molar-refractivity contribution < 1.29 is 9.90 Å². The van der Waals surface area contributed by atoms with Gasteiger partial charge in [-0.3, -0.25) is 11.3 Å². The predicted octanol–water partition coefficient (Wildman–Crippen LogP) is 3.59. The minimum Gasteiger partial charge on any atom is -0.370 e. The predicted molar refractivity (Wildman–Crippen MR) is 93.6 cm³/mol. The van der Waals surface area contributed by atoms with Gasteiger partial charge in [-0.15, -0.1) is 0 Å². The second kappa shape index (κ2) is 22.4. The first-order valence-corrected chi connectivity index (χ1v) is 8.33. The number of hydrogen-bond acceptors (Lipinski definition) is 6. The topological polar surface area (TPSA) is 100 Å². The van der Waals surface area contributed by atoms with E-state index in [4.69, 9.17) is 10.9 Å². The molecule has 0 saturated heterocycles. The molecule has 0 aromatic rings. The molecule has 0 rings (SSSR count). The number of aliphatic hydroxyl groups excluding tert-OH is 1. The van der Waals surface area contributed by atoms with Gasteiger partial charge in [-0.25, -0.2) is 0 Å². The summed E-state index contributed by atoms with van der Waals surface area (Å²) in [6.07, 6.45) is 6.11. The monoisotopic (exact) mass is 318 g/mol. The highest BCUT2D eigenvalue weighted by Crippen LogP contribution is 2.02. The van der Waals surface area contributed by atoms with Crippen LogP contribution in [0.15, 0.2) is 10.2 Å². The van der Waals surface area contributed by atoms with Crippen molar-refractivity contribution in [1.82, 2.24) is 5.43 Å². The molecule has 0 aliphatic rings. The molecule has 0 aromatic carbocycles. The van der Waals surface area contributed by atoms with Gasteiger partial charge < -0.3 is 9.90 Å². The third-order valence-corrected chi connectivity index (χ3v) is 2.26. The largest absolute Gasteiger partial charge is 0.370 e. The van der Waals surface area contributed by atoms with Crippen LogP contribution in [0.5, 0.6) is 0 Å². The van der Waals surface area contributed by atoms with Crippen LogP contribution in [0.3, 0.4) is 0 Å². The number of unbranched alkanes of at least 4 members (excludes halogenated alkanes) is 3. The molecule has 22 heavy (non-hydrogen) atoms. The number of carbonyl (C=O) groups is 1. The van der Waals surface area contributed by atoms with Gasteiger partial charge >= 0.3 is 0 Å². The van der Waals surface area contributed by atoms with Gasteiger partial charge in [0.2, 0.25) is 0 Å². The second-order valence-electron chi connectivity index (χ2n) is 5.58. The van der Waals surface area contributed by atoms with Crippen molar-refractivity contribution in [2.45, 2.75) is 98.4 Å². The summed E-state index contributed by atoms with van der Waals surface area (Å²) in [6, 6.07) is 0.598. The second-order valence-corrected chi connectivity index (χ2v) is 5.58. The molecule has 0 fully saturated rings. The molecule has 0 spiro atoms. The molecule has 0 heterocycles. The summed E-state index contributed by atoms with van der Waals surface area (Å²) in [4.78, 5) is 9.56. The molecule has 0 amide bonds. The van der Waals surface area contributed by atoms with E-state index in [0.29, 0.717) is 6.04 Å². The lowest BCUT2D eigenvalue weighted by atomic mass is 10.2. The maximum absolute atomic E-state index is 9.56. The fourth-order valence-electron chi connectivity index (χ4n) is 0.942. The zero-order valence-corrected chi connectivity index (χ0v) is 15.4. The van der Waals surface area contributed by atoms with Crippen LogP contribution in [0, 0.1) is 0 Å². The van der Waals surface area contributed by atoms with Gasteiger partial charge in [0, 0.05) is 12.5 Å². The molecular formula is C16H38N4O2. The normalized spacial score (nSPS) is 11.7. The summed E-state index contributed by atoms with van der Waals surface area (Å²) < 4.78 is 0. The molecule has 4 N–H and O–H groups in total. The molecule has 0 aromatic heterocycles. The lowest BCUT2D eigenvalue weighted by Crippen LogP contribution is -2.29. The van der Waals surface area contributed by atoms with Crippen LogP contribution >= 0.6 is 0 Å². The summed E-state index contributed by atoms with van der Waals surface area (Å²) in [7, 11) is 0. The van der Waals surface area contributed by atoms with Crippen LogP contribution in [-0.4, -0.2) is 29.7 Å². The first kappa shape index (κ1) is 26.1. The molecule has 6 nitrogen and oxygen atoms in total. The van der Waals surface area contributed by atoms with E-state index < -0.39 is 6.23 Å². The fraction of sp³-hybridized carbons (Fsp3) is 0.938. The Balaban J connectivity index is -0.000000277. The van der Waals surface area contributed by atoms with Crippen LogP contribution in [-0.2, 0) is 4.79 Å². The van der Waals surface area contributed by atoms with Crippen molar-refractivity contribution in [1.29, 1.82) is 0 Å². The van der Waals surface area contributed by atoms with E-state index in [0.717, 1.165) is 44.8 Å². The molecule has 0 saturated carbocycles. The lowest BCUT2D eigenvalue weighted by molar-refractivity contribution is -0.107. The highest BCUT2D eigenvalue weighted by molar-refractivity contribution is 5.48. The molecule has 0 aliphatic carbocycles. The van der Waals surface area contributed by atoms with Crippen molar-refractivity contribution in [3.63, 3.8) is 0 Å². The Labute approximate surface area is 136 Å². The Morgan fingerprint density at radius 1 is 1.09 bits per heavy atom. The van der Waals surface area contributed by atoms with Crippen LogP contribution < -0.4 is 11.3 Å². The Kier molecular flexibility index (Phi) is 26.6. The van der Waals surface area contributed by atoms with Crippen molar-refractivity contribution in [3.05, 3.63) is 0 Å². The zero-order chi connectivity index (χ0) is 17.8. The number of rotatable bonds is 9. The zero-order valence-electron chi connectivity index (χ0n) is 15.4. The van der Waals surface area contributed by atoms with E-state index in [1.54, 1.807) is 0 Å².